The Labute approximate surface area is 92.7 Å². The molecule has 1 aromatic carbocycles. The summed E-state index contributed by atoms with van der Waals surface area (Å²) in [6, 6.07) is 1.75. The molecule has 2 aromatic rings. The lowest BCUT2D eigenvalue weighted by atomic mass is 10.2. The van der Waals surface area contributed by atoms with Crippen LogP contribution in [0.3, 0.4) is 0 Å². The molecule has 0 N–H and O–H groups in total. The van der Waals surface area contributed by atoms with Crippen LogP contribution in [-0.2, 0) is 0 Å². The van der Waals surface area contributed by atoms with Gasteiger partial charge in [0.25, 0.3) is 0 Å². The summed E-state index contributed by atoms with van der Waals surface area (Å²) >= 11 is 1.31. The largest absolute Gasteiger partial charge is 0.496 e. The molecule has 1 aromatic heterocycles. The van der Waals surface area contributed by atoms with Crippen LogP contribution in [0.15, 0.2) is 11.6 Å². The maximum absolute atomic E-state index is 13.6. The van der Waals surface area contributed by atoms with E-state index < -0.39 is 0 Å². The topological polar surface area (TPSA) is 22.1 Å². The third-order valence-corrected chi connectivity index (χ3v) is 2.82. The Hall–Kier alpha value is -1.16. The molecule has 2 rings (SSSR count). The van der Waals surface area contributed by atoms with Crippen molar-refractivity contribution in [3.8, 4) is 5.75 Å². The van der Waals surface area contributed by atoms with E-state index in [2.05, 4.69) is 4.98 Å². The van der Waals surface area contributed by atoms with Gasteiger partial charge >= 0.3 is 0 Å². The summed E-state index contributed by atoms with van der Waals surface area (Å²) in [5.41, 5.74) is 2.83. The summed E-state index contributed by atoms with van der Waals surface area (Å²) in [5, 5.41) is 0. The van der Waals surface area contributed by atoms with Gasteiger partial charge in [0, 0.05) is 11.6 Å². The van der Waals surface area contributed by atoms with Crippen LogP contribution < -0.4 is 4.74 Å². The van der Waals surface area contributed by atoms with E-state index in [-0.39, 0.29) is 5.82 Å². The first-order valence-electron chi connectivity index (χ1n) is 4.80. The van der Waals surface area contributed by atoms with E-state index in [0.717, 1.165) is 0 Å². The highest BCUT2D eigenvalue weighted by Crippen LogP contribution is 2.30. The van der Waals surface area contributed by atoms with Crippen molar-refractivity contribution in [3.63, 3.8) is 0 Å². The number of aromatic nitrogens is 1. The minimum atomic E-state index is -0.225. The minimum absolute atomic E-state index is 0.225. The number of thiazole rings is 1. The van der Waals surface area contributed by atoms with E-state index in [9.17, 15) is 4.39 Å². The van der Waals surface area contributed by atoms with Crippen molar-refractivity contribution >= 4 is 21.6 Å². The van der Waals surface area contributed by atoms with Gasteiger partial charge < -0.3 is 4.74 Å². The van der Waals surface area contributed by atoms with E-state index in [1.807, 2.05) is 13.8 Å². The van der Waals surface area contributed by atoms with Gasteiger partial charge in [0.1, 0.15) is 11.6 Å². The second-order valence-electron chi connectivity index (χ2n) is 2.72. The molecule has 15 heavy (non-hydrogen) atoms. The van der Waals surface area contributed by atoms with Crippen LogP contribution in [-0.4, -0.2) is 12.1 Å². The van der Waals surface area contributed by atoms with E-state index in [4.69, 9.17) is 4.74 Å². The lowest BCUT2D eigenvalue weighted by molar-refractivity contribution is 0.408. The van der Waals surface area contributed by atoms with Crippen LogP contribution >= 0.6 is 11.3 Å². The molecular weight excluding hydrogens is 213 g/mol. The van der Waals surface area contributed by atoms with Crippen LogP contribution in [0.25, 0.3) is 10.2 Å². The Bertz CT molecular complexity index is 453. The zero-order valence-corrected chi connectivity index (χ0v) is 10.1. The van der Waals surface area contributed by atoms with Gasteiger partial charge in [-0.05, 0) is 6.92 Å². The van der Waals surface area contributed by atoms with Crippen molar-refractivity contribution in [2.45, 2.75) is 20.8 Å². The first kappa shape index (κ1) is 11.9. The predicted molar refractivity (Wildman–Crippen MR) is 62.2 cm³/mol. The number of rotatable bonds is 1. The maximum Gasteiger partial charge on any atom is 0.149 e. The van der Waals surface area contributed by atoms with Crippen LogP contribution in [0.4, 0.5) is 4.39 Å². The molecule has 0 saturated heterocycles. The number of methoxy groups -OCH3 is 1. The van der Waals surface area contributed by atoms with Gasteiger partial charge in [0.2, 0.25) is 0 Å². The van der Waals surface area contributed by atoms with Crippen molar-refractivity contribution < 1.29 is 9.13 Å². The van der Waals surface area contributed by atoms with Gasteiger partial charge in [0.15, 0.2) is 0 Å². The van der Waals surface area contributed by atoms with Gasteiger partial charge in [-0.3, -0.25) is 0 Å². The molecule has 4 heteroatoms. The molecule has 0 amide bonds. The summed E-state index contributed by atoms with van der Waals surface area (Å²) in [7, 11) is 1.53. The van der Waals surface area contributed by atoms with Crippen molar-refractivity contribution in [1.82, 2.24) is 4.98 Å². The molecule has 0 aliphatic heterocycles. The number of hydrogen-bond acceptors (Lipinski definition) is 3. The van der Waals surface area contributed by atoms with Crippen molar-refractivity contribution in [3.05, 3.63) is 23.0 Å². The Morgan fingerprint density at radius 2 is 2.07 bits per heavy atom. The van der Waals surface area contributed by atoms with Crippen molar-refractivity contribution in [2.75, 3.05) is 7.11 Å². The highest BCUT2D eigenvalue weighted by atomic mass is 32.1. The summed E-state index contributed by atoms with van der Waals surface area (Å²) in [6.07, 6.45) is 0. The minimum Gasteiger partial charge on any atom is -0.496 e. The zero-order valence-electron chi connectivity index (χ0n) is 9.30. The lowest BCUT2D eigenvalue weighted by Crippen LogP contribution is -1.90. The molecule has 0 aliphatic carbocycles. The number of halogens is 1. The molecule has 0 unspecified atom stereocenters. The highest BCUT2D eigenvalue weighted by Gasteiger charge is 2.11. The molecule has 0 saturated carbocycles. The van der Waals surface area contributed by atoms with Gasteiger partial charge in [-0.1, -0.05) is 13.8 Å². The van der Waals surface area contributed by atoms with Gasteiger partial charge in [-0.25, -0.2) is 9.37 Å². The molecule has 82 valence electrons. The average Bonchev–Trinajstić information content (AvgIpc) is 2.74. The average molecular weight is 227 g/mol. The molecule has 0 aliphatic rings. The number of nitrogens with zero attached hydrogens (tertiary/aromatic N) is 1. The van der Waals surface area contributed by atoms with Crippen LogP contribution in [0.2, 0.25) is 0 Å². The Kier molecular flexibility index (Phi) is 4.03. The fourth-order valence-electron chi connectivity index (χ4n) is 1.24. The van der Waals surface area contributed by atoms with Gasteiger partial charge in [-0.2, -0.15) is 0 Å². The standard InChI is InChI=1S/C9H8FNOS.C2H6/c1-5-7(12-2)3-6-9(8(5)10)13-4-11-6;1-2/h3-4H,1-2H3;1-2H3. The molecule has 0 fully saturated rings. The van der Waals surface area contributed by atoms with Crippen LogP contribution in [0.5, 0.6) is 5.75 Å². The first-order chi connectivity index (χ1) is 7.24. The van der Waals surface area contributed by atoms with Crippen molar-refractivity contribution in [2.24, 2.45) is 0 Å². The number of benzene rings is 1. The monoisotopic (exact) mass is 227 g/mol. The highest BCUT2D eigenvalue weighted by molar-refractivity contribution is 7.16. The molecule has 2 nitrogen and oxygen atoms in total. The fourth-order valence-corrected chi connectivity index (χ4v) is 2.01. The molecule has 1 heterocycles. The smallest absolute Gasteiger partial charge is 0.149 e. The second-order valence-corrected chi connectivity index (χ2v) is 3.57. The molecule has 0 bridgehead atoms. The van der Waals surface area contributed by atoms with E-state index in [1.165, 1.54) is 18.4 Å². The van der Waals surface area contributed by atoms with E-state index in [0.29, 0.717) is 21.5 Å². The first-order valence-corrected chi connectivity index (χ1v) is 5.68. The van der Waals surface area contributed by atoms with E-state index in [1.54, 1.807) is 18.5 Å². The van der Waals surface area contributed by atoms with Crippen molar-refractivity contribution in [1.29, 1.82) is 0 Å². The van der Waals surface area contributed by atoms with Gasteiger partial charge in [-0.15, -0.1) is 11.3 Å². The number of fused-ring (bicyclic) bond motifs is 1. The summed E-state index contributed by atoms with van der Waals surface area (Å²) in [6.45, 7) is 5.70. The third kappa shape index (κ3) is 2.09. The quantitative estimate of drug-likeness (QED) is 0.739. The number of hydrogen-bond donors (Lipinski definition) is 0. The molecular formula is C11H14FNOS. The Morgan fingerprint density at radius 1 is 1.40 bits per heavy atom. The normalized spacial score (nSPS) is 9.67. The third-order valence-electron chi connectivity index (χ3n) is 1.98. The summed E-state index contributed by atoms with van der Waals surface area (Å²) < 4.78 is 19.2. The number of ether oxygens (including phenoxy) is 1. The van der Waals surface area contributed by atoms with Crippen LogP contribution in [0.1, 0.15) is 19.4 Å². The van der Waals surface area contributed by atoms with E-state index >= 15 is 0 Å². The summed E-state index contributed by atoms with van der Waals surface area (Å²) in [5.74, 6) is 0.327. The lowest BCUT2D eigenvalue weighted by Gasteiger charge is -2.04. The molecule has 0 spiro atoms. The second kappa shape index (κ2) is 5.07. The fraction of sp³-hybridized carbons (Fsp3) is 0.364. The predicted octanol–water partition coefficient (Wildman–Crippen LogP) is 3.78. The molecule has 0 atom stereocenters. The molecule has 0 radical (unpaired) electrons. The summed E-state index contributed by atoms with van der Waals surface area (Å²) in [4.78, 5) is 4.03. The Morgan fingerprint density at radius 3 is 2.67 bits per heavy atom. The van der Waals surface area contributed by atoms with Crippen LogP contribution in [0, 0.1) is 12.7 Å². The Balaban J connectivity index is 0.000000531. The van der Waals surface area contributed by atoms with Gasteiger partial charge in [0.05, 0.1) is 22.8 Å². The SMILES string of the molecule is CC.COc1cc2ncsc2c(F)c1C. The maximum atomic E-state index is 13.6. The zero-order chi connectivity index (χ0) is 11.4.